The van der Waals surface area contributed by atoms with Crippen LogP contribution in [-0.2, 0) is 9.53 Å². The van der Waals surface area contributed by atoms with Crippen LogP contribution in [0.5, 0.6) is 0 Å². The van der Waals surface area contributed by atoms with Crippen LogP contribution in [0.25, 0.3) is 0 Å². The van der Waals surface area contributed by atoms with Crippen LogP contribution < -0.4 is 5.32 Å². The first-order valence-corrected chi connectivity index (χ1v) is 7.44. The van der Waals surface area contributed by atoms with Gasteiger partial charge in [-0.3, -0.25) is 4.79 Å². The molecule has 2 fully saturated rings. The second kappa shape index (κ2) is 5.94. The summed E-state index contributed by atoms with van der Waals surface area (Å²) in [5.74, 6) is 0.413. The molecule has 3 unspecified atom stereocenters. The number of amides is 1. The molecule has 0 saturated carbocycles. The highest BCUT2D eigenvalue weighted by atomic mass is 16.5. The lowest BCUT2D eigenvalue weighted by Gasteiger charge is -2.35. The van der Waals surface area contributed by atoms with Crippen molar-refractivity contribution in [2.24, 2.45) is 5.92 Å². The van der Waals surface area contributed by atoms with Gasteiger partial charge < -0.3 is 15.0 Å². The quantitative estimate of drug-likeness (QED) is 0.890. The number of benzene rings is 1. The summed E-state index contributed by atoms with van der Waals surface area (Å²) < 4.78 is 5.82. The summed E-state index contributed by atoms with van der Waals surface area (Å²) in [5, 5.41) is 3.35. The van der Waals surface area contributed by atoms with Gasteiger partial charge in [-0.15, -0.1) is 0 Å². The van der Waals surface area contributed by atoms with Gasteiger partial charge in [0, 0.05) is 12.6 Å². The topological polar surface area (TPSA) is 41.6 Å². The minimum atomic E-state index is 0.0126. The van der Waals surface area contributed by atoms with E-state index in [0.717, 1.165) is 18.5 Å². The fourth-order valence-corrected chi connectivity index (χ4v) is 3.15. The van der Waals surface area contributed by atoms with E-state index in [0.29, 0.717) is 25.7 Å². The van der Waals surface area contributed by atoms with E-state index < -0.39 is 0 Å². The van der Waals surface area contributed by atoms with Crippen molar-refractivity contribution in [1.29, 1.82) is 0 Å². The molecule has 2 saturated heterocycles. The Morgan fingerprint density at radius 2 is 2.15 bits per heavy atom. The van der Waals surface area contributed by atoms with E-state index >= 15 is 0 Å². The number of rotatable bonds is 2. The van der Waals surface area contributed by atoms with Gasteiger partial charge in [-0.25, -0.2) is 0 Å². The Morgan fingerprint density at radius 1 is 1.35 bits per heavy atom. The number of carbonyl (C=O) groups excluding carboxylic acids is 1. The summed E-state index contributed by atoms with van der Waals surface area (Å²) in [5.41, 5.74) is 1.16. The minimum absolute atomic E-state index is 0.0126. The Morgan fingerprint density at radius 3 is 2.85 bits per heavy atom. The van der Waals surface area contributed by atoms with Crippen LogP contribution in [-0.4, -0.2) is 43.1 Å². The molecule has 4 heteroatoms. The SMILES string of the molecule is CC1NCCC1C(=O)N1CCOC(c2ccccc2)C1. The van der Waals surface area contributed by atoms with Crippen LogP contribution in [0.15, 0.2) is 30.3 Å². The zero-order chi connectivity index (χ0) is 13.9. The number of carbonyl (C=O) groups is 1. The molecule has 0 spiro atoms. The van der Waals surface area contributed by atoms with Crippen molar-refractivity contribution in [3.63, 3.8) is 0 Å². The van der Waals surface area contributed by atoms with Crippen molar-refractivity contribution < 1.29 is 9.53 Å². The molecule has 1 N–H and O–H groups in total. The Bertz CT molecular complexity index is 463. The molecule has 4 nitrogen and oxygen atoms in total. The molecule has 3 rings (SSSR count). The molecule has 0 bridgehead atoms. The molecule has 0 aliphatic carbocycles. The van der Waals surface area contributed by atoms with E-state index in [9.17, 15) is 4.79 Å². The van der Waals surface area contributed by atoms with Crippen LogP contribution in [0.1, 0.15) is 25.0 Å². The van der Waals surface area contributed by atoms with E-state index in [1.165, 1.54) is 0 Å². The molecule has 108 valence electrons. The normalized spacial score (nSPS) is 30.4. The second-order valence-electron chi connectivity index (χ2n) is 5.69. The van der Waals surface area contributed by atoms with Crippen LogP contribution >= 0.6 is 0 Å². The molecular formula is C16H22N2O2. The molecule has 1 aromatic carbocycles. The number of morpholine rings is 1. The van der Waals surface area contributed by atoms with Gasteiger partial charge in [-0.1, -0.05) is 30.3 Å². The minimum Gasteiger partial charge on any atom is -0.370 e. The van der Waals surface area contributed by atoms with Crippen molar-refractivity contribution in [3.05, 3.63) is 35.9 Å². The van der Waals surface area contributed by atoms with Gasteiger partial charge >= 0.3 is 0 Å². The highest BCUT2D eigenvalue weighted by Crippen LogP contribution is 2.25. The monoisotopic (exact) mass is 274 g/mol. The zero-order valence-corrected chi connectivity index (χ0v) is 11.9. The van der Waals surface area contributed by atoms with Crippen LogP contribution in [0.4, 0.5) is 0 Å². The van der Waals surface area contributed by atoms with E-state index in [1.54, 1.807) is 0 Å². The van der Waals surface area contributed by atoms with Crippen molar-refractivity contribution >= 4 is 5.91 Å². The summed E-state index contributed by atoms with van der Waals surface area (Å²) in [6.07, 6.45) is 0.964. The summed E-state index contributed by atoms with van der Waals surface area (Å²) in [6, 6.07) is 10.5. The Labute approximate surface area is 120 Å². The summed E-state index contributed by atoms with van der Waals surface area (Å²) in [7, 11) is 0. The lowest BCUT2D eigenvalue weighted by Crippen LogP contribution is -2.46. The second-order valence-corrected chi connectivity index (χ2v) is 5.69. The molecule has 3 atom stereocenters. The molecule has 2 aliphatic heterocycles. The van der Waals surface area contributed by atoms with Crippen molar-refractivity contribution in [2.45, 2.75) is 25.5 Å². The fraction of sp³-hybridized carbons (Fsp3) is 0.562. The molecule has 2 heterocycles. The standard InChI is InChI=1S/C16H22N2O2/c1-12-14(7-8-17-12)16(19)18-9-10-20-15(11-18)13-5-3-2-4-6-13/h2-6,12,14-15,17H,7-11H2,1H3. The molecule has 0 radical (unpaired) electrons. The van der Waals surface area contributed by atoms with Crippen molar-refractivity contribution in [1.82, 2.24) is 10.2 Å². The van der Waals surface area contributed by atoms with Crippen LogP contribution in [0, 0.1) is 5.92 Å². The third kappa shape index (κ3) is 2.72. The zero-order valence-electron chi connectivity index (χ0n) is 11.9. The van der Waals surface area contributed by atoms with Crippen molar-refractivity contribution in [3.8, 4) is 0 Å². The van der Waals surface area contributed by atoms with E-state index in [4.69, 9.17) is 4.74 Å². The predicted octanol–water partition coefficient (Wildman–Crippen LogP) is 1.58. The molecule has 0 aromatic heterocycles. The number of hydrogen-bond acceptors (Lipinski definition) is 3. The van der Waals surface area contributed by atoms with Gasteiger partial charge in [0.2, 0.25) is 5.91 Å². The average molecular weight is 274 g/mol. The van der Waals surface area contributed by atoms with E-state index in [2.05, 4.69) is 24.4 Å². The van der Waals surface area contributed by atoms with Gasteiger partial charge in [0.1, 0.15) is 6.10 Å². The Balaban J connectivity index is 1.67. The molecular weight excluding hydrogens is 252 g/mol. The average Bonchev–Trinajstić information content (AvgIpc) is 2.94. The first kappa shape index (κ1) is 13.6. The highest BCUT2D eigenvalue weighted by molar-refractivity contribution is 5.80. The summed E-state index contributed by atoms with van der Waals surface area (Å²) >= 11 is 0. The van der Waals surface area contributed by atoms with Crippen LogP contribution in [0.2, 0.25) is 0 Å². The largest absolute Gasteiger partial charge is 0.370 e. The Kier molecular flexibility index (Phi) is 4.03. The third-order valence-corrected chi connectivity index (χ3v) is 4.39. The van der Waals surface area contributed by atoms with Crippen LogP contribution in [0.3, 0.4) is 0 Å². The maximum atomic E-state index is 12.6. The summed E-state index contributed by atoms with van der Waals surface area (Å²) in [4.78, 5) is 14.6. The fourth-order valence-electron chi connectivity index (χ4n) is 3.15. The molecule has 1 aromatic rings. The number of ether oxygens (including phenoxy) is 1. The van der Waals surface area contributed by atoms with Crippen molar-refractivity contribution in [2.75, 3.05) is 26.2 Å². The maximum Gasteiger partial charge on any atom is 0.227 e. The number of nitrogens with one attached hydrogen (secondary N) is 1. The first-order chi connectivity index (χ1) is 9.75. The lowest BCUT2D eigenvalue weighted by molar-refractivity contribution is -0.143. The van der Waals surface area contributed by atoms with E-state index in [1.807, 2.05) is 23.1 Å². The third-order valence-electron chi connectivity index (χ3n) is 4.39. The van der Waals surface area contributed by atoms with Gasteiger partial charge in [0.25, 0.3) is 0 Å². The summed E-state index contributed by atoms with van der Waals surface area (Å²) in [6.45, 7) is 5.06. The number of nitrogens with zero attached hydrogens (tertiary/aromatic N) is 1. The molecule has 2 aliphatic rings. The number of hydrogen-bond donors (Lipinski definition) is 1. The maximum absolute atomic E-state index is 12.6. The highest BCUT2D eigenvalue weighted by Gasteiger charge is 2.35. The van der Waals surface area contributed by atoms with E-state index in [-0.39, 0.29) is 17.9 Å². The van der Waals surface area contributed by atoms with Gasteiger partial charge in [0.15, 0.2) is 0 Å². The first-order valence-electron chi connectivity index (χ1n) is 7.44. The predicted molar refractivity (Wildman–Crippen MR) is 77.3 cm³/mol. The smallest absolute Gasteiger partial charge is 0.227 e. The van der Waals surface area contributed by atoms with Gasteiger partial charge in [-0.2, -0.15) is 0 Å². The molecule has 1 amide bonds. The van der Waals surface area contributed by atoms with Gasteiger partial charge in [0.05, 0.1) is 19.1 Å². The lowest BCUT2D eigenvalue weighted by atomic mass is 9.99. The Hall–Kier alpha value is -1.39. The molecule has 20 heavy (non-hydrogen) atoms. The van der Waals surface area contributed by atoms with Gasteiger partial charge in [-0.05, 0) is 25.5 Å².